The largest absolute Gasteiger partial charge is 0.479 e. The summed E-state index contributed by atoms with van der Waals surface area (Å²) in [6.07, 6.45) is -8.59. The number of carbonyl (C=O) groups excluding carboxylic acids is 1. The summed E-state index contributed by atoms with van der Waals surface area (Å²) < 4.78 is 14.9. The van der Waals surface area contributed by atoms with Gasteiger partial charge in [0.2, 0.25) is 6.29 Å². The molecule has 24 heavy (non-hydrogen) atoms. The lowest BCUT2D eigenvalue weighted by atomic mass is 9.99. The standard InChI is InChI=1S/C14H17NO9/c15-7-3-6(4-22-5-16)1-2-8(7)23-14-11(19)9(17)10(18)12(24-14)13(20)21/h1-3,5,9-12,14,17-19H,4,15H2,(H,20,21)/t9-,10-,11+,12-,14+/m0/s1. The molecule has 6 N–H and O–H groups in total. The zero-order chi connectivity index (χ0) is 17.9. The van der Waals surface area contributed by atoms with Crippen LogP contribution in [0.3, 0.4) is 0 Å². The molecule has 0 aliphatic carbocycles. The monoisotopic (exact) mass is 343 g/mol. The Labute approximate surface area is 136 Å². The average molecular weight is 343 g/mol. The van der Waals surface area contributed by atoms with Gasteiger partial charge in [-0.1, -0.05) is 6.07 Å². The van der Waals surface area contributed by atoms with Gasteiger partial charge in [0.25, 0.3) is 6.47 Å². The van der Waals surface area contributed by atoms with Gasteiger partial charge in [0.15, 0.2) is 6.10 Å². The predicted molar refractivity (Wildman–Crippen MR) is 76.7 cm³/mol. The van der Waals surface area contributed by atoms with E-state index in [1.54, 1.807) is 0 Å². The summed E-state index contributed by atoms with van der Waals surface area (Å²) in [5.74, 6) is -1.46. The van der Waals surface area contributed by atoms with E-state index in [0.29, 0.717) is 5.56 Å². The Hall–Kier alpha value is -2.40. The van der Waals surface area contributed by atoms with E-state index in [1.165, 1.54) is 18.2 Å². The molecule has 10 nitrogen and oxygen atoms in total. The van der Waals surface area contributed by atoms with Crippen molar-refractivity contribution in [2.45, 2.75) is 37.3 Å². The van der Waals surface area contributed by atoms with Crippen LogP contribution in [-0.4, -0.2) is 63.6 Å². The third kappa shape index (κ3) is 3.74. The number of hydrogen-bond donors (Lipinski definition) is 5. The number of benzene rings is 1. The van der Waals surface area contributed by atoms with E-state index in [1.807, 2.05) is 0 Å². The quantitative estimate of drug-likeness (QED) is 0.294. The first-order valence-electron chi connectivity index (χ1n) is 6.88. The summed E-state index contributed by atoms with van der Waals surface area (Å²) in [6.45, 7) is 0.286. The molecule has 0 saturated carbocycles. The highest BCUT2D eigenvalue weighted by atomic mass is 16.7. The maximum atomic E-state index is 11.0. The van der Waals surface area contributed by atoms with E-state index in [4.69, 9.17) is 20.3 Å². The first-order valence-corrected chi connectivity index (χ1v) is 6.88. The average Bonchev–Trinajstić information content (AvgIpc) is 2.54. The Kier molecular flexibility index (Phi) is 5.57. The van der Waals surface area contributed by atoms with Gasteiger partial charge in [-0.05, 0) is 17.7 Å². The molecule has 0 unspecified atom stereocenters. The first kappa shape index (κ1) is 17.9. The number of nitrogens with two attached hydrogens (primary N) is 1. The Bertz CT molecular complexity index is 608. The number of hydrogen-bond acceptors (Lipinski definition) is 9. The fraction of sp³-hybridized carbons (Fsp3) is 0.429. The third-order valence-electron chi connectivity index (χ3n) is 3.45. The van der Waals surface area contributed by atoms with Crippen molar-refractivity contribution < 1.29 is 44.2 Å². The normalized spacial score (nSPS) is 29.7. The second kappa shape index (κ2) is 7.45. The van der Waals surface area contributed by atoms with Crippen LogP contribution in [0.2, 0.25) is 0 Å². The molecule has 0 aromatic heterocycles. The van der Waals surface area contributed by atoms with Gasteiger partial charge in [-0.2, -0.15) is 0 Å². The molecule has 1 aliphatic heterocycles. The number of rotatable bonds is 6. The lowest BCUT2D eigenvalue weighted by Crippen LogP contribution is -2.61. The minimum atomic E-state index is -1.81. The van der Waals surface area contributed by atoms with Crippen LogP contribution in [0, 0.1) is 0 Å². The molecule has 132 valence electrons. The van der Waals surface area contributed by atoms with E-state index in [-0.39, 0.29) is 24.5 Å². The van der Waals surface area contributed by atoms with E-state index in [0.717, 1.165) is 0 Å². The zero-order valence-electron chi connectivity index (χ0n) is 12.3. The van der Waals surface area contributed by atoms with Gasteiger partial charge >= 0.3 is 5.97 Å². The first-order chi connectivity index (χ1) is 11.3. The van der Waals surface area contributed by atoms with E-state index in [2.05, 4.69) is 4.74 Å². The number of nitrogen functional groups attached to an aromatic ring is 1. The minimum absolute atomic E-state index is 0.00251. The molecule has 1 heterocycles. The van der Waals surface area contributed by atoms with Crippen molar-refractivity contribution in [1.29, 1.82) is 0 Å². The number of carboxylic acids is 1. The molecule has 0 spiro atoms. The predicted octanol–water partition coefficient (Wildman–Crippen LogP) is -1.79. The Balaban J connectivity index is 2.14. The summed E-state index contributed by atoms with van der Waals surface area (Å²) in [5.41, 5.74) is 6.47. The fourth-order valence-corrected chi connectivity index (χ4v) is 2.20. The molecule has 1 aromatic rings. The van der Waals surface area contributed by atoms with Gasteiger partial charge in [-0.15, -0.1) is 0 Å². The lowest BCUT2D eigenvalue weighted by molar-refractivity contribution is -0.271. The molecule has 1 saturated heterocycles. The number of aliphatic hydroxyl groups is 3. The van der Waals surface area contributed by atoms with Gasteiger partial charge in [0.1, 0.15) is 30.7 Å². The second-order valence-corrected chi connectivity index (χ2v) is 5.13. The highest BCUT2D eigenvalue weighted by molar-refractivity contribution is 5.73. The minimum Gasteiger partial charge on any atom is -0.479 e. The van der Waals surface area contributed by atoms with Gasteiger partial charge in [0.05, 0.1) is 5.69 Å². The summed E-state index contributed by atoms with van der Waals surface area (Å²) >= 11 is 0. The number of aliphatic hydroxyl groups excluding tert-OH is 3. The topological polar surface area (TPSA) is 169 Å². The van der Waals surface area contributed by atoms with Crippen LogP contribution in [0.1, 0.15) is 5.56 Å². The molecule has 0 bridgehead atoms. The number of aliphatic carboxylic acids is 1. The van der Waals surface area contributed by atoms with Crippen LogP contribution >= 0.6 is 0 Å². The van der Waals surface area contributed by atoms with Crippen molar-refractivity contribution in [2.75, 3.05) is 5.73 Å². The summed E-state index contributed by atoms with van der Waals surface area (Å²) in [7, 11) is 0. The van der Waals surface area contributed by atoms with Gasteiger partial charge in [-0.3, -0.25) is 4.79 Å². The van der Waals surface area contributed by atoms with Crippen LogP contribution < -0.4 is 10.5 Å². The van der Waals surface area contributed by atoms with E-state index >= 15 is 0 Å². The van der Waals surface area contributed by atoms with E-state index < -0.39 is 36.7 Å². The molecule has 2 rings (SSSR count). The fourth-order valence-electron chi connectivity index (χ4n) is 2.20. The number of carboxylic acid groups (broad SMARTS) is 1. The molecular formula is C14H17NO9. The van der Waals surface area contributed by atoms with Crippen LogP contribution in [0.25, 0.3) is 0 Å². The smallest absolute Gasteiger partial charge is 0.335 e. The van der Waals surface area contributed by atoms with Crippen LogP contribution in [-0.2, 0) is 25.7 Å². The molecule has 0 amide bonds. The lowest BCUT2D eigenvalue weighted by Gasteiger charge is -2.38. The van der Waals surface area contributed by atoms with Crippen molar-refractivity contribution in [3.8, 4) is 5.75 Å². The highest BCUT2D eigenvalue weighted by Gasteiger charge is 2.48. The van der Waals surface area contributed by atoms with Crippen molar-refractivity contribution in [3.63, 3.8) is 0 Å². The Morgan fingerprint density at radius 2 is 1.96 bits per heavy atom. The van der Waals surface area contributed by atoms with Crippen molar-refractivity contribution in [1.82, 2.24) is 0 Å². The SMILES string of the molecule is Nc1cc(COC=O)ccc1O[C@@H]1O[C@H](C(=O)O)[C@@H](O)[C@H](O)[C@H]1O. The highest BCUT2D eigenvalue weighted by Crippen LogP contribution is 2.28. The van der Waals surface area contributed by atoms with Crippen molar-refractivity contribution in [3.05, 3.63) is 23.8 Å². The molecular weight excluding hydrogens is 326 g/mol. The molecule has 10 heteroatoms. The maximum absolute atomic E-state index is 11.0. The maximum Gasteiger partial charge on any atom is 0.335 e. The number of anilines is 1. The Morgan fingerprint density at radius 3 is 2.54 bits per heavy atom. The van der Waals surface area contributed by atoms with Crippen LogP contribution in [0.4, 0.5) is 5.69 Å². The third-order valence-corrected chi connectivity index (χ3v) is 3.45. The Morgan fingerprint density at radius 1 is 1.25 bits per heavy atom. The van der Waals surface area contributed by atoms with Crippen LogP contribution in [0.5, 0.6) is 5.75 Å². The van der Waals surface area contributed by atoms with Crippen LogP contribution in [0.15, 0.2) is 18.2 Å². The molecule has 5 atom stereocenters. The molecule has 1 fully saturated rings. The molecule has 1 aliphatic rings. The zero-order valence-corrected chi connectivity index (χ0v) is 12.3. The molecule has 0 radical (unpaired) electrons. The van der Waals surface area contributed by atoms with Crippen molar-refractivity contribution in [2.24, 2.45) is 0 Å². The van der Waals surface area contributed by atoms with Gasteiger partial charge in [0, 0.05) is 0 Å². The molecule has 1 aromatic carbocycles. The summed E-state index contributed by atoms with van der Waals surface area (Å²) in [6, 6.07) is 4.39. The van der Waals surface area contributed by atoms with E-state index in [9.17, 15) is 24.9 Å². The summed E-state index contributed by atoms with van der Waals surface area (Å²) in [5, 5.41) is 38.2. The second-order valence-electron chi connectivity index (χ2n) is 5.13. The van der Waals surface area contributed by atoms with Crippen molar-refractivity contribution >= 4 is 18.1 Å². The summed E-state index contributed by atoms with van der Waals surface area (Å²) in [4.78, 5) is 21.2. The number of ether oxygens (including phenoxy) is 3. The van der Waals surface area contributed by atoms with Gasteiger partial charge in [-0.25, -0.2) is 4.79 Å². The van der Waals surface area contributed by atoms with Gasteiger partial charge < -0.3 is 40.4 Å². The number of carbonyl (C=O) groups is 2.